The SMILES string of the molecule is CC(C)(C)C(=O)Oc1ccc2ccccc2c1-c1c(O)c(C=NC(c2ccccc2)C(N=Cc2cc3ccccc3c(-c3c(OC(=O)C(C)(C)C)ccc4ccccc34)c2O)c2ccccc2)cc2ccccc12. The second-order valence-corrected chi connectivity index (χ2v) is 20.7. The summed E-state index contributed by atoms with van der Waals surface area (Å²) >= 11 is 0. The smallest absolute Gasteiger partial charge is 0.316 e. The van der Waals surface area contributed by atoms with E-state index < -0.39 is 34.9 Å². The number of ether oxygens (including phenoxy) is 2. The van der Waals surface area contributed by atoms with Gasteiger partial charge < -0.3 is 19.7 Å². The van der Waals surface area contributed by atoms with Gasteiger partial charge in [-0.2, -0.15) is 0 Å². The standard InChI is InChI=1S/C66H56N2O6/c1-65(2,3)63(71)73-53-35-33-41-21-13-17-29-49(41)55(53)57-51-31-19-15-27-45(51)37-47(61(57)69)39-67-59(43-23-9-7-10-24-43)60(44-25-11-8-12-26-44)68-40-48-38-46-28-16-20-32-52(46)58(62(48)70)56-50-30-18-14-22-42(50)34-36-54(56)74-64(72)66(4,5)6/h7-40,59-60,69-70H,1-6H3. The average molecular weight is 973 g/mol. The summed E-state index contributed by atoms with van der Waals surface area (Å²) in [6, 6.07) is 61.2. The topological polar surface area (TPSA) is 118 Å². The number of aromatic hydroxyl groups is 2. The van der Waals surface area contributed by atoms with Crippen LogP contribution >= 0.6 is 0 Å². The van der Waals surface area contributed by atoms with Crippen LogP contribution in [-0.4, -0.2) is 34.6 Å². The van der Waals surface area contributed by atoms with E-state index in [0.29, 0.717) is 44.9 Å². The largest absolute Gasteiger partial charge is 0.507 e. The van der Waals surface area contributed by atoms with E-state index in [4.69, 9.17) is 19.5 Å². The summed E-state index contributed by atoms with van der Waals surface area (Å²) in [5, 5.41) is 32.1. The molecule has 0 aromatic heterocycles. The van der Waals surface area contributed by atoms with Crippen LogP contribution in [0, 0.1) is 10.8 Å². The van der Waals surface area contributed by atoms with E-state index in [2.05, 4.69) is 0 Å². The highest BCUT2D eigenvalue weighted by Gasteiger charge is 2.30. The number of hydrogen-bond donors (Lipinski definition) is 2. The van der Waals surface area contributed by atoms with Crippen molar-refractivity contribution in [2.24, 2.45) is 20.8 Å². The highest BCUT2D eigenvalue weighted by Crippen LogP contribution is 2.49. The maximum Gasteiger partial charge on any atom is 0.316 e. The molecule has 0 aliphatic carbocycles. The third kappa shape index (κ3) is 9.62. The number of nitrogens with zero attached hydrogens (tertiary/aromatic N) is 2. The van der Waals surface area contributed by atoms with E-state index in [1.165, 1.54) is 0 Å². The summed E-state index contributed by atoms with van der Waals surface area (Å²) in [5.74, 6) is -0.192. The number of esters is 2. The predicted molar refractivity (Wildman–Crippen MR) is 301 cm³/mol. The van der Waals surface area contributed by atoms with Gasteiger partial charge in [0.2, 0.25) is 0 Å². The summed E-state index contributed by atoms with van der Waals surface area (Å²) < 4.78 is 12.4. The Morgan fingerprint density at radius 1 is 0.405 bits per heavy atom. The number of aliphatic imine (C=N–C) groups is 2. The monoisotopic (exact) mass is 972 g/mol. The molecule has 0 fully saturated rings. The van der Waals surface area contributed by atoms with Crippen molar-refractivity contribution < 1.29 is 29.3 Å². The van der Waals surface area contributed by atoms with Gasteiger partial charge in [0.05, 0.1) is 10.8 Å². The first kappa shape index (κ1) is 48.7. The van der Waals surface area contributed by atoms with Crippen molar-refractivity contribution in [3.05, 3.63) is 216 Å². The Balaban J connectivity index is 1.15. The van der Waals surface area contributed by atoms with E-state index in [9.17, 15) is 19.8 Å². The molecule has 2 unspecified atom stereocenters. The Bertz CT molecular complexity index is 3580. The van der Waals surface area contributed by atoms with Crippen LogP contribution in [-0.2, 0) is 9.59 Å². The predicted octanol–water partition coefficient (Wildman–Crippen LogP) is 16.0. The Morgan fingerprint density at radius 2 is 0.716 bits per heavy atom. The Labute approximate surface area is 430 Å². The first-order chi connectivity index (χ1) is 35.7. The van der Waals surface area contributed by atoms with Gasteiger partial charge in [0.15, 0.2) is 0 Å². The van der Waals surface area contributed by atoms with Gasteiger partial charge in [-0.05, 0) is 120 Å². The Kier molecular flexibility index (Phi) is 13.1. The van der Waals surface area contributed by atoms with Crippen molar-refractivity contribution >= 4 is 67.5 Å². The van der Waals surface area contributed by atoms with Crippen molar-refractivity contribution in [1.29, 1.82) is 0 Å². The van der Waals surface area contributed by atoms with Crippen LogP contribution < -0.4 is 9.47 Å². The van der Waals surface area contributed by atoms with Crippen LogP contribution in [0.15, 0.2) is 204 Å². The lowest BCUT2D eigenvalue weighted by Gasteiger charge is -2.23. The average Bonchev–Trinajstić information content (AvgIpc) is 3.41. The molecule has 2 atom stereocenters. The van der Waals surface area contributed by atoms with Crippen LogP contribution in [0.25, 0.3) is 65.3 Å². The van der Waals surface area contributed by atoms with Gasteiger partial charge in [-0.25, -0.2) is 0 Å². The number of fused-ring (bicyclic) bond motifs is 4. The molecule has 366 valence electrons. The van der Waals surface area contributed by atoms with Gasteiger partial charge >= 0.3 is 11.9 Å². The van der Waals surface area contributed by atoms with Crippen LogP contribution in [0.2, 0.25) is 0 Å². The second-order valence-electron chi connectivity index (χ2n) is 20.7. The molecule has 0 radical (unpaired) electrons. The number of hydrogen-bond acceptors (Lipinski definition) is 8. The summed E-state index contributed by atoms with van der Waals surface area (Å²) in [5.41, 5.74) is 3.26. The molecule has 0 saturated carbocycles. The summed E-state index contributed by atoms with van der Waals surface area (Å²) in [7, 11) is 0. The molecule has 0 heterocycles. The number of phenols is 2. The molecule has 0 bridgehead atoms. The molecule has 0 aliphatic heterocycles. The molecule has 0 saturated heterocycles. The fraction of sp³-hybridized carbons (Fsp3) is 0.152. The molecule has 0 amide bonds. The Hall–Kier alpha value is -8.88. The minimum Gasteiger partial charge on any atom is -0.507 e. The van der Waals surface area contributed by atoms with E-state index in [1.54, 1.807) is 24.6 Å². The highest BCUT2D eigenvalue weighted by molar-refractivity contribution is 6.14. The lowest BCUT2D eigenvalue weighted by atomic mass is 9.90. The van der Waals surface area contributed by atoms with Gasteiger partial charge in [-0.1, -0.05) is 170 Å². The lowest BCUT2D eigenvalue weighted by molar-refractivity contribution is -0.143. The number of rotatable bonds is 11. The molecule has 0 spiro atoms. The molecule has 8 nitrogen and oxygen atoms in total. The molecule has 10 aromatic carbocycles. The number of benzene rings is 10. The van der Waals surface area contributed by atoms with Gasteiger partial charge in [-0.15, -0.1) is 0 Å². The van der Waals surface area contributed by atoms with Crippen LogP contribution in [0.5, 0.6) is 23.0 Å². The lowest BCUT2D eigenvalue weighted by Crippen LogP contribution is -2.25. The van der Waals surface area contributed by atoms with Crippen molar-refractivity contribution in [3.63, 3.8) is 0 Å². The summed E-state index contributed by atoms with van der Waals surface area (Å²) in [4.78, 5) is 37.8. The molecule has 10 aromatic rings. The van der Waals surface area contributed by atoms with Gasteiger partial charge in [-0.3, -0.25) is 19.6 Å². The molecule has 10 rings (SSSR count). The van der Waals surface area contributed by atoms with E-state index >= 15 is 0 Å². The zero-order valence-electron chi connectivity index (χ0n) is 42.2. The fourth-order valence-corrected chi connectivity index (χ4v) is 9.44. The second kappa shape index (κ2) is 20.0. The summed E-state index contributed by atoms with van der Waals surface area (Å²) in [6.07, 6.45) is 3.40. The maximum atomic E-state index is 13.5. The minimum absolute atomic E-state index is 0.0296. The molecule has 8 heteroatoms. The minimum atomic E-state index is -0.788. The fourth-order valence-electron chi connectivity index (χ4n) is 9.44. The zero-order valence-corrected chi connectivity index (χ0v) is 42.2. The summed E-state index contributed by atoms with van der Waals surface area (Å²) in [6.45, 7) is 10.9. The van der Waals surface area contributed by atoms with E-state index in [0.717, 1.165) is 54.2 Å². The normalized spacial score (nSPS) is 13.0. The number of carbonyl (C=O) groups excluding carboxylic acids is 2. The maximum absolute atomic E-state index is 13.5. The molecule has 74 heavy (non-hydrogen) atoms. The van der Waals surface area contributed by atoms with Crippen LogP contribution in [0.1, 0.15) is 75.9 Å². The van der Waals surface area contributed by atoms with Gasteiger partial charge in [0.1, 0.15) is 35.1 Å². The molecular formula is C66H56N2O6. The molecular weight excluding hydrogens is 917 g/mol. The van der Waals surface area contributed by atoms with E-state index in [-0.39, 0.29) is 11.5 Å². The van der Waals surface area contributed by atoms with Gasteiger partial charge in [0, 0.05) is 45.8 Å². The quantitative estimate of drug-likeness (QED) is 0.0757. The van der Waals surface area contributed by atoms with Crippen LogP contribution in [0.3, 0.4) is 0 Å². The van der Waals surface area contributed by atoms with Gasteiger partial charge in [0.25, 0.3) is 0 Å². The Morgan fingerprint density at radius 3 is 1.07 bits per heavy atom. The number of carbonyl (C=O) groups is 2. The zero-order chi connectivity index (χ0) is 51.7. The highest BCUT2D eigenvalue weighted by atomic mass is 16.5. The van der Waals surface area contributed by atoms with Crippen molar-refractivity contribution in [1.82, 2.24) is 0 Å². The first-order valence-electron chi connectivity index (χ1n) is 24.8. The van der Waals surface area contributed by atoms with E-state index in [1.807, 2.05) is 224 Å². The first-order valence-corrected chi connectivity index (χ1v) is 24.8. The molecule has 2 N–H and O–H groups in total. The van der Waals surface area contributed by atoms with Crippen molar-refractivity contribution in [2.45, 2.75) is 53.6 Å². The third-order valence-corrected chi connectivity index (χ3v) is 13.3. The number of phenolic OH excluding ortho intramolecular Hbond substituents is 2. The third-order valence-electron chi connectivity index (χ3n) is 13.3. The van der Waals surface area contributed by atoms with Crippen molar-refractivity contribution in [2.75, 3.05) is 0 Å². The van der Waals surface area contributed by atoms with Crippen LogP contribution in [0.4, 0.5) is 0 Å². The molecule has 0 aliphatic rings. The van der Waals surface area contributed by atoms with Crippen molar-refractivity contribution in [3.8, 4) is 45.3 Å².